The fourth-order valence-corrected chi connectivity index (χ4v) is 1.86. The van der Waals surface area contributed by atoms with Gasteiger partial charge in [0, 0.05) is 18.8 Å². The summed E-state index contributed by atoms with van der Waals surface area (Å²) in [6, 6.07) is 13.0. The first-order chi connectivity index (χ1) is 9.24. The first kappa shape index (κ1) is 12.9. The van der Waals surface area contributed by atoms with Crippen LogP contribution in [0.3, 0.4) is 0 Å². The summed E-state index contributed by atoms with van der Waals surface area (Å²) >= 11 is 0. The van der Waals surface area contributed by atoms with E-state index in [1.165, 1.54) is 4.57 Å². The van der Waals surface area contributed by atoms with Crippen molar-refractivity contribution in [2.45, 2.75) is 12.3 Å². The average molecular weight is 254 g/mol. The number of aromatic nitrogens is 1. The van der Waals surface area contributed by atoms with Crippen LogP contribution >= 0.6 is 0 Å². The van der Waals surface area contributed by atoms with Gasteiger partial charge < -0.3 is 4.74 Å². The number of methoxy groups -OCH3 is 1. The number of carbonyl (C=O) groups is 1. The zero-order valence-corrected chi connectivity index (χ0v) is 10.6. The smallest absolute Gasteiger partial charge is 0.232 e. The Labute approximate surface area is 111 Å². The summed E-state index contributed by atoms with van der Waals surface area (Å²) in [4.78, 5) is 12.0. The van der Waals surface area contributed by atoms with Gasteiger partial charge in [-0.2, -0.15) is 5.26 Å². The number of hydrogen-bond donors (Lipinski definition) is 0. The standard InChI is InChI=1S/C15H14N2O2/c1-19-14-6-4-12(5-7-14)13(11-16)10-15(18)17-8-2-3-9-17/h2-9,13H,10H2,1H3/t13-/m1/s1. The SMILES string of the molecule is COc1ccc([C@@H](C#N)CC(=O)n2cccc2)cc1. The molecule has 1 atom stereocenters. The Morgan fingerprint density at radius 1 is 1.32 bits per heavy atom. The molecule has 0 radical (unpaired) electrons. The van der Waals surface area contributed by atoms with Crippen molar-refractivity contribution in [2.24, 2.45) is 0 Å². The summed E-state index contributed by atoms with van der Waals surface area (Å²) in [5, 5.41) is 9.21. The van der Waals surface area contributed by atoms with Gasteiger partial charge in [-0.1, -0.05) is 12.1 Å². The van der Waals surface area contributed by atoms with Gasteiger partial charge in [-0.3, -0.25) is 9.36 Å². The van der Waals surface area contributed by atoms with Gasteiger partial charge in [-0.15, -0.1) is 0 Å². The molecule has 4 heteroatoms. The Bertz CT molecular complexity index is 580. The van der Waals surface area contributed by atoms with Crippen LogP contribution in [0.1, 0.15) is 22.7 Å². The van der Waals surface area contributed by atoms with Crippen molar-refractivity contribution in [3.63, 3.8) is 0 Å². The fraction of sp³-hybridized carbons (Fsp3) is 0.200. The molecular formula is C15H14N2O2. The van der Waals surface area contributed by atoms with E-state index in [0.717, 1.165) is 11.3 Å². The number of carbonyl (C=O) groups excluding carboxylic acids is 1. The largest absolute Gasteiger partial charge is 0.497 e. The molecule has 0 amide bonds. The molecule has 19 heavy (non-hydrogen) atoms. The quantitative estimate of drug-likeness (QED) is 0.843. The third-order valence-corrected chi connectivity index (χ3v) is 2.95. The molecule has 1 heterocycles. The number of nitrogens with zero attached hydrogens (tertiary/aromatic N) is 2. The molecule has 0 saturated carbocycles. The predicted octanol–water partition coefficient (Wildman–Crippen LogP) is 2.83. The van der Waals surface area contributed by atoms with Gasteiger partial charge in [0.1, 0.15) is 5.75 Å². The summed E-state index contributed by atoms with van der Waals surface area (Å²) in [5.74, 6) is 0.199. The van der Waals surface area contributed by atoms with Gasteiger partial charge >= 0.3 is 0 Å². The van der Waals surface area contributed by atoms with Crippen LogP contribution in [-0.4, -0.2) is 17.6 Å². The Kier molecular flexibility index (Phi) is 3.99. The van der Waals surface area contributed by atoms with Gasteiger partial charge in [0.2, 0.25) is 5.91 Å². The zero-order valence-electron chi connectivity index (χ0n) is 10.6. The average Bonchev–Trinajstić information content (AvgIpc) is 2.99. The third kappa shape index (κ3) is 3.02. The van der Waals surface area contributed by atoms with Crippen molar-refractivity contribution in [2.75, 3.05) is 7.11 Å². The highest BCUT2D eigenvalue weighted by Crippen LogP contribution is 2.22. The molecule has 0 fully saturated rings. The van der Waals surface area contributed by atoms with E-state index in [2.05, 4.69) is 6.07 Å². The van der Waals surface area contributed by atoms with Gasteiger partial charge in [-0.25, -0.2) is 0 Å². The zero-order chi connectivity index (χ0) is 13.7. The molecule has 4 nitrogen and oxygen atoms in total. The highest BCUT2D eigenvalue weighted by Gasteiger charge is 2.16. The fourth-order valence-electron chi connectivity index (χ4n) is 1.86. The summed E-state index contributed by atoms with van der Waals surface area (Å²) < 4.78 is 6.56. The molecule has 0 aliphatic carbocycles. The molecule has 0 N–H and O–H groups in total. The monoisotopic (exact) mass is 254 g/mol. The van der Waals surface area contributed by atoms with E-state index >= 15 is 0 Å². The second kappa shape index (κ2) is 5.87. The number of rotatable bonds is 4. The normalized spacial score (nSPS) is 11.6. The lowest BCUT2D eigenvalue weighted by Crippen LogP contribution is -2.12. The number of ether oxygens (including phenoxy) is 1. The van der Waals surface area contributed by atoms with Crippen LogP contribution in [0.2, 0.25) is 0 Å². The summed E-state index contributed by atoms with van der Waals surface area (Å²) in [6.07, 6.45) is 3.53. The molecule has 0 aliphatic heterocycles. The van der Waals surface area contributed by atoms with E-state index in [1.807, 2.05) is 12.1 Å². The van der Waals surface area contributed by atoms with E-state index in [-0.39, 0.29) is 12.3 Å². The van der Waals surface area contributed by atoms with Crippen molar-refractivity contribution in [3.8, 4) is 11.8 Å². The van der Waals surface area contributed by atoms with Crippen molar-refractivity contribution < 1.29 is 9.53 Å². The maximum Gasteiger partial charge on any atom is 0.232 e. The van der Waals surface area contributed by atoms with Crippen LogP contribution in [0.25, 0.3) is 0 Å². The van der Waals surface area contributed by atoms with Crippen molar-refractivity contribution in [1.82, 2.24) is 4.57 Å². The van der Waals surface area contributed by atoms with Crippen LogP contribution in [0.5, 0.6) is 5.75 Å². The summed E-state index contributed by atoms with van der Waals surface area (Å²) in [7, 11) is 1.59. The van der Waals surface area contributed by atoms with E-state index in [9.17, 15) is 10.1 Å². The third-order valence-electron chi connectivity index (χ3n) is 2.95. The van der Waals surface area contributed by atoms with Crippen LogP contribution in [-0.2, 0) is 0 Å². The van der Waals surface area contributed by atoms with E-state index in [1.54, 1.807) is 43.8 Å². The minimum absolute atomic E-state index is 0.0904. The van der Waals surface area contributed by atoms with Gasteiger partial charge in [-0.05, 0) is 29.8 Å². The van der Waals surface area contributed by atoms with Crippen LogP contribution in [0, 0.1) is 11.3 Å². The lowest BCUT2D eigenvalue weighted by molar-refractivity contribution is 0.0899. The van der Waals surface area contributed by atoms with Crippen LogP contribution in [0.15, 0.2) is 48.8 Å². The van der Waals surface area contributed by atoms with E-state index < -0.39 is 5.92 Å². The second-order valence-electron chi connectivity index (χ2n) is 4.14. The molecule has 1 aromatic carbocycles. The van der Waals surface area contributed by atoms with E-state index in [0.29, 0.717) is 0 Å². The van der Waals surface area contributed by atoms with Crippen LogP contribution < -0.4 is 4.74 Å². The maximum atomic E-state index is 12.0. The van der Waals surface area contributed by atoms with Gasteiger partial charge in [0.05, 0.1) is 19.1 Å². The topological polar surface area (TPSA) is 55.0 Å². The minimum Gasteiger partial charge on any atom is -0.497 e. The predicted molar refractivity (Wildman–Crippen MR) is 71.0 cm³/mol. The minimum atomic E-state index is -0.444. The highest BCUT2D eigenvalue weighted by molar-refractivity contribution is 5.80. The number of benzene rings is 1. The molecule has 1 aromatic heterocycles. The van der Waals surface area contributed by atoms with Crippen molar-refractivity contribution >= 4 is 5.91 Å². The molecule has 0 spiro atoms. The van der Waals surface area contributed by atoms with Gasteiger partial charge in [0.15, 0.2) is 0 Å². The highest BCUT2D eigenvalue weighted by atomic mass is 16.5. The maximum absolute atomic E-state index is 12.0. The van der Waals surface area contributed by atoms with Crippen molar-refractivity contribution in [1.29, 1.82) is 5.26 Å². The lowest BCUT2D eigenvalue weighted by Gasteiger charge is -2.10. The second-order valence-corrected chi connectivity index (χ2v) is 4.14. The number of nitriles is 1. The Hall–Kier alpha value is -2.54. The first-order valence-corrected chi connectivity index (χ1v) is 5.94. The lowest BCUT2D eigenvalue weighted by atomic mass is 9.97. The number of hydrogen-bond acceptors (Lipinski definition) is 3. The van der Waals surface area contributed by atoms with Crippen molar-refractivity contribution in [3.05, 3.63) is 54.4 Å². The Balaban J connectivity index is 2.12. The molecule has 0 bridgehead atoms. The van der Waals surface area contributed by atoms with Gasteiger partial charge in [0.25, 0.3) is 0 Å². The molecule has 2 rings (SSSR count). The molecule has 0 unspecified atom stereocenters. The Morgan fingerprint density at radius 2 is 1.95 bits per heavy atom. The molecular weight excluding hydrogens is 240 g/mol. The first-order valence-electron chi connectivity index (χ1n) is 5.94. The summed E-state index contributed by atoms with van der Waals surface area (Å²) in [6.45, 7) is 0. The molecule has 96 valence electrons. The Morgan fingerprint density at radius 3 is 2.47 bits per heavy atom. The summed E-state index contributed by atoms with van der Waals surface area (Å²) in [5.41, 5.74) is 0.823. The molecule has 2 aromatic rings. The van der Waals surface area contributed by atoms with Crippen LogP contribution in [0.4, 0.5) is 0 Å². The van der Waals surface area contributed by atoms with E-state index in [4.69, 9.17) is 4.74 Å². The molecule has 0 aliphatic rings. The molecule has 0 saturated heterocycles.